The highest BCUT2D eigenvalue weighted by atomic mass is 16.5. The number of rotatable bonds is 9. The molecule has 1 N–H and O–H groups in total. The molecule has 164 valence electrons. The minimum atomic E-state index is -0.218. The number of hydrogen-bond acceptors (Lipinski definition) is 3. The molecule has 3 aromatic carbocycles. The SMILES string of the molecule is CCCCc1ccc(C#Cc2ccc(CNCc3ccc(OC(=O)CC)cc3)cc2)cc1. The Hall–Kier alpha value is -3.35. The second-order valence-corrected chi connectivity index (χ2v) is 7.82. The van der Waals surface area contributed by atoms with Gasteiger partial charge < -0.3 is 10.1 Å². The van der Waals surface area contributed by atoms with Gasteiger partial charge in [0.25, 0.3) is 0 Å². The van der Waals surface area contributed by atoms with Crippen LogP contribution in [-0.4, -0.2) is 5.97 Å². The van der Waals surface area contributed by atoms with Gasteiger partial charge in [0.05, 0.1) is 0 Å². The van der Waals surface area contributed by atoms with E-state index in [9.17, 15) is 4.79 Å². The van der Waals surface area contributed by atoms with Gasteiger partial charge in [-0.25, -0.2) is 0 Å². The maximum absolute atomic E-state index is 11.3. The van der Waals surface area contributed by atoms with Crippen LogP contribution in [0.2, 0.25) is 0 Å². The van der Waals surface area contributed by atoms with Crippen molar-refractivity contribution in [3.05, 3.63) is 101 Å². The number of esters is 1. The molecule has 0 atom stereocenters. The molecule has 3 aromatic rings. The molecule has 0 aliphatic carbocycles. The van der Waals surface area contributed by atoms with E-state index in [1.54, 1.807) is 6.92 Å². The van der Waals surface area contributed by atoms with Gasteiger partial charge in [-0.15, -0.1) is 0 Å². The Bertz CT molecular complexity index is 1040. The van der Waals surface area contributed by atoms with Gasteiger partial charge in [0, 0.05) is 30.6 Å². The van der Waals surface area contributed by atoms with E-state index < -0.39 is 0 Å². The van der Waals surface area contributed by atoms with Crippen molar-refractivity contribution in [1.29, 1.82) is 0 Å². The third-order valence-electron chi connectivity index (χ3n) is 5.18. The molecule has 3 rings (SSSR count). The van der Waals surface area contributed by atoms with Crippen molar-refractivity contribution in [3.63, 3.8) is 0 Å². The summed E-state index contributed by atoms with van der Waals surface area (Å²) in [6.07, 6.45) is 3.96. The highest BCUT2D eigenvalue weighted by Crippen LogP contribution is 2.13. The van der Waals surface area contributed by atoms with Crippen molar-refractivity contribution in [2.75, 3.05) is 0 Å². The topological polar surface area (TPSA) is 38.3 Å². The maximum atomic E-state index is 11.3. The minimum Gasteiger partial charge on any atom is -0.427 e. The predicted octanol–water partition coefficient (Wildman–Crippen LogP) is 6.03. The molecule has 0 spiro atoms. The summed E-state index contributed by atoms with van der Waals surface area (Å²) in [5.41, 5.74) is 5.80. The highest BCUT2D eigenvalue weighted by molar-refractivity contribution is 5.71. The maximum Gasteiger partial charge on any atom is 0.310 e. The van der Waals surface area contributed by atoms with Gasteiger partial charge in [-0.3, -0.25) is 4.79 Å². The number of benzene rings is 3. The Labute approximate surface area is 191 Å². The monoisotopic (exact) mass is 425 g/mol. The number of nitrogens with one attached hydrogen (secondary N) is 1. The van der Waals surface area contributed by atoms with Crippen LogP contribution in [0, 0.1) is 11.8 Å². The van der Waals surface area contributed by atoms with Crippen molar-refractivity contribution >= 4 is 5.97 Å². The predicted molar refractivity (Wildman–Crippen MR) is 130 cm³/mol. The average molecular weight is 426 g/mol. The van der Waals surface area contributed by atoms with Crippen molar-refractivity contribution in [2.45, 2.75) is 52.6 Å². The van der Waals surface area contributed by atoms with E-state index in [0.717, 1.165) is 36.2 Å². The lowest BCUT2D eigenvalue weighted by Gasteiger charge is -2.07. The molecular formula is C29H31NO2. The summed E-state index contributed by atoms with van der Waals surface area (Å²) < 4.78 is 5.20. The molecule has 0 saturated heterocycles. The Morgan fingerprint density at radius 2 is 1.25 bits per heavy atom. The molecule has 3 nitrogen and oxygen atoms in total. The summed E-state index contributed by atoms with van der Waals surface area (Å²) in [6.45, 7) is 5.53. The van der Waals surface area contributed by atoms with Gasteiger partial charge in [-0.05, 0) is 65.9 Å². The third-order valence-corrected chi connectivity index (χ3v) is 5.18. The van der Waals surface area contributed by atoms with Crippen LogP contribution >= 0.6 is 0 Å². The first-order valence-electron chi connectivity index (χ1n) is 11.4. The second kappa shape index (κ2) is 12.5. The van der Waals surface area contributed by atoms with E-state index in [4.69, 9.17) is 4.74 Å². The minimum absolute atomic E-state index is 0.218. The summed E-state index contributed by atoms with van der Waals surface area (Å²) in [5, 5.41) is 3.44. The first-order valence-corrected chi connectivity index (χ1v) is 11.4. The lowest BCUT2D eigenvalue weighted by Crippen LogP contribution is -2.12. The molecule has 0 fully saturated rings. The fraction of sp³-hybridized carbons (Fsp3) is 0.276. The Kier molecular flexibility index (Phi) is 9.10. The van der Waals surface area contributed by atoms with Crippen molar-refractivity contribution in [1.82, 2.24) is 5.32 Å². The molecule has 0 unspecified atom stereocenters. The average Bonchev–Trinajstić information content (AvgIpc) is 2.84. The van der Waals surface area contributed by atoms with Gasteiger partial charge in [0.2, 0.25) is 0 Å². The summed E-state index contributed by atoms with van der Waals surface area (Å²) in [7, 11) is 0. The molecule has 0 saturated carbocycles. The summed E-state index contributed by atoms with van der Waals surface area (Å²) in [4.78, 5) is 11.3. The molecule has 0 amide bonds. The Morgan fingerprint density at radius 1 is 0.750 bits per heavy atom. The van der Waals surface area contributed by atoms with Crippen LogP contribution in [0.4, 0.5) is 0 Å². The highest BCUT2D eigenvalue weighted by Gasteiger charge is 2.01. The van der Waals surface area contributed by atoms with E-state index in [1.807, 2.05) is 24.3 Å². The summed E-state index contributed by atoms with van der Waals surface area (Å²) >= 11 is 0. The Morgan fingerprint density at radius 3 is 1.75 bits per heavy atom. The van der Waals surface area contributed by atoms with E-state index in [1.165, 1.54) is 24.0 Å². The quantitative estimate of drug-likeness (QED) is 0.258. The largest absolute Gasteiger partial charge is 0.427 e. The molecule has 0 heterocycles. The van der Waals surface area contributed by atoms with Crippen LogP contribution < -0.4 is 10.1 Å². The van der Waals surface area contributed by atoms with Crippen LogP contribution in [0.3, 0.4) is 0 Å². The van der Waals surface area contributed by atoms with Gasteiger partial charge in [-0.1, -0.05) is 68.5 Å². The fourth-order valence-electron chi connectivity index (χ4n) is 3.22. The number of carbonyl (C=O) groups is 1. The zero-order valence-electron chi connectivity index (χ0n) is 19.0. The zero-order valence-corrected chi connectivity index (χ0v) is 19.0. The van der Waals surface area contributed by atoms with Gasteiger partial charge in [0.15, 0.2) is 0 Å². The second-order valence-electron chi connectivity index (χ2n) is 7.82. The lowest BCUT2D eigenvalue weighted by atomic mass is 10.1. The van der Waals surface area contributed by atoms with Crippen molar-refractivity contribution < 1.29 is 9.53 Å². The van der Waals surface area contributed by atoms with E-state index >= 15 is 0 Å². The number of carbonyl (C=O) groups excluding carboxylic acids is 1. The van der Waals surface area contributed by atoms with Crippen LogP contribution in [0.25, 0.3) is 0 Å². The van der Waals surface area contributed by atoms with Gasteiger partial charge in [-0.2, -0.15) is 0 Å². The van der Waals surface area contributed by atoms with Crippen LogP contribution in [0.5, 0.6) is 5.75 Å². The number of aryl methyl sites for hydroxylation is 1. The van der Waals surface area contributed by atoms with E-state index in [2.05, 4.69) is 72.6 Å². The van der Waals surface area contributed by atoms with E-state index in [0.29, 0.717) is 12.2 Å². The number of unbranched alkanes of at least 4 members (excludes halogenated alkanes) is 1. The van der Waals surface area contributed by atoms with Gasteiger partial charge >= 0.3 is 5.97 Å². The lowest BCUT2D eigenvalue weighted by molar-refractivity contribution is -0.134. The molecule has 3 heteroatoms. The van der Waals surface area contributed by atoms with Crippen molar-refractivity contribution in [3.8, 4) is 17.6 Å². The first-order chi connectivity index (χ1) is 15.7. The van der Waals surface area contributed by atoms with Crippen LogP contribution in [0.15, 0.2) is 72.8 Å². The normalized spacial score (nSPS) is 10.3. The molecular weight excluding hydrogens is 394 g/mol. The molecule has 0 aliphatic rings. The molecule has 0 aromatic heterocycles. The first kappa shape index (κ1) is 23.3. The Balaban J connectivity index is 1.46. The molecule has 0 aliphatic heterocycles. The molecule has 32 heavy (non-hydrogen) atoms. The van der Waals surface area contributed by atoms with E-state index in [-0.39, 0.29) is 5.97 Å². The summed E-state index contributed by atoms with van der Waals surface area (Å²) in [5.74, 6) is 6.87. The number of ether oxygens (including phenoxy) is 1. The smallest absolute Gasteiger partial charge is 0.310 e. The molecule has 0 bridgehead atoms. The summed E-state index contributed by atoms with van der Waals surface area (Å²) in [6, 6.07) is 24.5. The van der Waals surface area contributed by atoms with Gasteiger partial charge in [0.1, 0.15) is 5.75 Å². The third kappa shape index (κ3) is 7.72. The fourth-order valence-corrected chi connectivity index (χ4v) is 3.22. The number of hydrogen-bond donors (Lipinski definition) is 1. The van der Waals surface area contributed by atoms with Crippen LogP contribution in [0.1, 0.15) is 60.9 Å². The van der Waals surface area contributed by atoms with Crippen LogP contribution in [-0.2, 0) is 24.3 Å². The standard InChI is InChI=1S/C29H31NO2/c1-3-5-6-23-7-9-24(10-8-23)11-12-25-13-15-26(16-14-25)21-30-22-27-17-19-28(20-18-27)32-29(31)4-2/h7-10,13-20,30H,3-6,21-22H2,1-2H3. The van der Waals surface area contributed by atoms with Crippen molar-refractivity contribution in [2.24, 2.45) is 0 Å². The molecule has 0 radical (unpaired) electrons. The zero-order chi connectivity index (χ0) is 22.6.